The summed E-state index contributed by atoms with van der Waals surface area (Å²) in [4.78, 5) is 30.3. The molecule has 1 heterocycles. The molecular weight excluding hydrogens is 448 g/mol. The van der Waals surface area contributed by atoms with E-state index in [2.05, 4.69) is 24.1 Å². The number of carbonyl (C=O) groups is 2. The third kappa shape index (κ3) is 5.10. The minimum absolute atomic E-state index is 0.297. The number of nitrogens with one attached hydrogen (secondary N) is 1. The Labute approximate surface area is 203 Å². The van der Waals surface area contributed by atoms with Gasteiger partial charge in [-0.2, -0.15) is 0 Å². The molecule has 4 aromatic rings. The summed E-state index contributed by atoms with van der Waals surface area (Å²) in [5.41, 5.74) is 4.01. The lowest BCUT2D eigenvalue weighted by Gasteiger charge is -2.16. The second-order valence-electron chi connectivity index (χ2n) is 8.07. The van der Waals surface area contributed by atoms with Gasteiger partial charge in [0.15, 0.2) is 6.61 Å². The number of rotatable bonds is 7. The first-order valence-corrected chi connectivity index (χ1v) is 11.6. The van der Waals surface area contributed by atoms with Crippen LogP contribution in [-0.4, -0.2) is 23.5 Å². The van der Waals surface area contributed by atoms with Crippen LogP contribution >= 0.6 is 11.6 Å². The normalized spacial score (nSPS) is 11.7. The number of amides is 1. The van der Waals surface area contributed by atoms with Crippen molar-refractivity contribution in [2.24, 2.45) is 0 Å². The van der Waals surface area contributed by atoms with Crippen molar-refractivity contribution in [3.05, 3.63) is 95.0 Å². The van der Waals surface area contributed by atoms with Gasteiger partial charge in [-0.15, -0.1) is 0 Å². The van der Waals surface area contributed by atoms with Crippen LogP contribution in [0.25, 0.3) is 22.2 Å². The van der Waals surface area contributed by atoms with Crippen LogP contribution < -0.4 is 5.32 Å². The lowest BCUT2D eigenvalue weighted by Crippen LogP contribution is -2.22. The van der Waals surface area contributed by atoms with Crippen molar-refractivity contribution >= 4 is 40.1 Å². The van der Waals surface area contributed by atoms with E-state index in [0.717, 1.165) is 17.7 Å². The third-order valence-electron chi connectivity index (χ3n) is 5.80. The van der Waals surface area contributed by atoms with Crippen molar-refractivity contribution in [1.82, 2.24) is 4.98 Å². The van der Waals surface area contributed by atoms with Gasteiger partial charge in [-0.1, -0.05) is 80.0 Å². The lowest BCUT2D eigenvalue weighted by molar-refractivity contribution is -0.119. The van der Waals surface area contributed by atoms with Gasteiger partial charge in [0.1, 0.15) is 0 Å². The van der Waals surface area contributed by atoms with Crippen LogP contribution in [0.4, 0.5) is 5.69 Å². The summed E-state index contributed by atoms with van der Waals surface area (Å²) in [6, 6.07) is 23.9. The van der Waals surface area contributed by atoms with Gasteiger partial charge in [-0.3, -0.25) is 4.79 Å². The molecule has 172 valence electrons. The molecule has 3 aromatic carbocycles. The second-order valence-corrected chi connectivity index (χ2v) is 8.48. The standard InChI is InChI=1S/C28H25ClN2O3/c1-3-18(2)19-10-5-8-14-24(19)31-27(32)17-34-28(33)22-16-26(21-12-4-7-13-23(21)29)30-25-15-9-6-11-20(22)25/h4-16,18H,3,17H2,1-2H3,(H,31,32)/t18-/m1/s1. The fraction of sp³-hybridized carbons (Fsp3) is 0.179. The Kier molecular flexibility index (Phi) is 7.24. The molecule has 1 amide bonds. The molecule has 1 atom stereocenters. The minimum Gasteiger partial charge on any atom is -0.452 e. The number of ether oxygens (including phenoxy) is 1. The molecule has 0 fully saturated rings. The number of anilines is 1. The number of fused-ring (bicyclic) bond motifs is 1. The van der Waals surface area contributed by atoms with Crippen LogP contribution in [0.1, 0.15) is 42.1 Å². The Hall–Kier alpha value is -3.70. The first kappa shape index (κ1) is 23.5. The zero-order valence-electron chi connectivity index (χ0n) is 19.0. The summed E-state index contributed by atoms with van der Waals surface area (Å²) in [7, 11) is 0. The van der Waals surface area contributed by atoms with E-state index in [1.165, 1.54) is 0 Å². The zero-order valence-corrected chi connectivity index (χ0v) is 19.8. The zero-order chi connectivity index (χ0) is 24.1. The smallest absolute Gasteiger partial charge is 0.339 e. The first-order valence-electron chi connectivity index (χ1n) is 11.2. The van der Waals surface area contributed by atoms with E-state index in [0.29, 0.717) is 38.7 Å². The van der Waals surface area contributed by atoms with Gasteiger partial charge in [-0.25, -0.2) is 9.78 Å². The molecule has 1 N–H and O–H groups in total. The lowest BCUT2D eigenvalue weighted by atomic mass is 9.97. The van der Waals surface area contributed by atoms with Gasteiger partial charge in [0, 0.05) is 21.7 Å². The number of halogens is 1. The number of esters is 1. The minimum atomic E-state index is -0.600. The van der Waals surface area contributed by atoms with Crippen molar-refractivity contribution in [2.45, 2.75) is 26.2 Å². The summed E-state index contributed by atoms with van der Waals surface area (Å²) in [5.74, 6) is -0.698. The number of pyridine rings is 1. The van der Waals surface area contributed by atoms with Crippen LogP contribution in [0, 0.1) is 0 Å². The van der Waals surface area contributed by atoms with Crippen molar-refractivity contribution in [3.63, 3.8) is 0 Å². The van der Waals surface area contributed by atoms with Crippen LogP contribution in [0.5, 0.6) is 0 Å². The summed E-state index contributed by atoms with van der Waals surface area (Å²) in [5, 5.41) is 4.04. The maximum atomic E-state index is 13.0. The van der Waals surface area contributed by atoms with Gasteiger partial charge in [-0.05, 0) is 42.2 Å². The van der Waals surface area contributed by atoms with Crippen molar-refractivity contribution in [3.8, 4) is 11.3 Å². The summed E-state index contributed by atoms with van der Waals surface area (Å²) < 4.78 is 5.41. The number of nitrogens with zero attached hydrogens (tertiary/aromatic N) is 1. The Morgan fingerprint density at radius 2 is 1.71 bits per heavy atom. The SMILES string of the molecule is CC[C@@H](C)c1ccccc1NC(=O)COC(=O)c1cc(-c2ccccc2Cl)nc2ccccc12. The summed E-state index contributed by atoms with van der Waals surface area (Å²) in [6.07, 6.45) is 0.949. The summed E-state index contributed by atoms with van der Waals surface area (Å²) >= 11 is 6.36. The predicted molar refractivity (Wildman–Crippen MR) is 136 cm³/mol. The van der Waals surface area contributed by atoms with E-state index in [-0.39, 0.29) is 0 Å². The van der Waals surface area contributed by atoms with Crippen LogP contribution in [0.15, 0.2) is 78.9 Å². The average Bonchev–Trinajstić information content (AvgIpc) is 2.86. The van der Waals surface area contributed by atoms with E-state index in [9.17, 15) is 9.59 Å². The molecule has 0 spiro atoms. The number of carbonyl (C=O) groups excluding carboxylic acids is 2. The van der Waals surface area contributed by atoms with Crippen molar-refractivity contribution in [1.29, 1.82) is 0 Å². The van der Waals surface area contributed by atoms with Gasteiger partial charge in [0.05, 0.1) is 16.8 Å². The first-order chi connectivity index (χ1) is 16.5. The van der Waals surface area contributed by atoms with Gasteiger partial charge >= 0.3 is 5.97 Å². The average molecular weight is 473 g/mol. The highest BCUT2D eigenvalue weighted by atomic mass is 35.5. The van der Waals surface area contributed by atoms with E-state index in [1.54, 1.807) is 18.2 Å². The molecule has 0 aliphatic carbocycles. The molecule has 0 bridgehead atoms. The molecule has 5 nitrogen and oxygen atoms in total. The molecule has 0 aliphatic heterocycles. The maximum Gasteiger partial charge on any atom is 0.339 e. The second kappa shape index (κ2) is 10.5. The summed E-state index contributed by atoms with van der Waals surface area (Å²) in [6.45, 7) is 3.81. The highest BCUT2D eigenvalue weighted by Crippen LogP contribution is 2.30. The van der Waals surface area contributed by atoms with E-state index < -0.39 is 18.5 Å². The molecule has 4 rings (SSSR count). The van der Waals surface area contributed by atoms with Crippen molar-refractivity contribution < 1.29 is 14.3 Å². The molecular formula is C28H25ClN2O3. The van der Waals surface area contributed by atoms with Crippen LogP contribution in [0.3, 0.4) is 0 Å². The highest BCUT2D eigenvalue weighted by molar-refractivity contribution is 6.33. The fourth-order valence-electron chi connectivity index (χ4n) is 3.81. The van der Waals surface area contributed by atoms with E-state index >= 15 is 0 Å². The predicted octanol–water partition coefficient (Wildman–Crippen LogP) is 6.86. The molecule has 0 saturated carbocycles. The molecule has 6 heteroatoms. The largest absolute Gasteiger partial charge is 0.452 e. The quantitative estimate of drug-likeness (QED) is 0.298. The number of aromatic nitrogens is 1. The molecule has 0 unspecified atom stereocenters. The molecule has 0 saturated heterocycles. The Balaban J connectivity index is 1.56. The van der Waals surface area contributed by atoms with Gasteiger partial charge in [0.25, 0.3) is 5.91 Å². The van der Waals surface area contributed by atoms with E-state index in [1.807, 2.05) is 60.7 Å². The number of hydrogen-bond donors (Lipinski definition) is 1. The number of benzene rings is 3. The number of hydrogen-bond acceptors (Lipinski definition) is 4. The van der Waals surface area contributed by atoms with Gasteiger partial charge in [0.2, 0.25) is 0 Å². The molecule has 1 aromatic heterocycles. The Morgan fingerprint density at radius 1 is 1.00 bits per heavy atom. The van der Waals surface area contributed by atoms with Crippen molar-refractivity contribution in [2.75, 3.05) is 11.9 Å². The third-order valence-corrected chi connectivity index (χ3v) is 6.13. The van der Waals surface area contributed by atoms with Gasteiger partial charge < -0.3 is 10.1 Å². The Morgan fingerprint density at radius 3 is 2.50 bits per heavy atom. The number of para-hydroxylation sites is 2. The Bertz CT molecular complexity index is 1350. The fourth-order valence-corrected chi connectivity index (χ4v) is 4.04. The topological polar surface area (TPSA) is 68.3 Å². The molecule has 0 radical (unpaired) electrons. The maximum absolute atomic E-state index is 13.0. The van der Waals surface area contributed by atoms with Crippen LogP contribution in [0.2, 0.25) is 5.02 Å². The van der Waals surface area contributed by atoms with E-state index in [4.69, 9.17) is 16.3 Å². The highest BCUT2D eigenvalue weighted by Gasteiger charge is 2.18. The molecule has 0 aliphatic rings. The monoisotopic (exact) mass is 472 g/mol. The molecule has 34 heavy (non-hydrogen) atoms. The van der Waals surface area contributed by atoms with Crippen LogP contribution in [-0.2, 0) is 9.53 Å².